The largest absolute Gasteiger partial charge is 0.497 e. The molecular formula is C25H33N3O7. The number of nitrogens with one attached hydrogen (secondary N) is 3. The Morgan fingerprint density at radius 1 is 0.857 bits per heavy atom. The molecule has 0 aliphatic heterocycles. The topological polar surface area (TPSA) is 135 Å². The van der Waals surface area contributed by atoms with Gasteiger partial charge in [0, 0.05) is 6.92 Å². The van der Waals surface area contributed by atoms with Crippen LogP contribution in [0, 0.1) is 0 Å². The first-order chi connectivity index (χ1) is 16.9. The number of benzene rings is 2. The SMILES string of the molecule is COc1ccc(CC(COC(=O)NCCOC(=O)NC(CO)Cc2ccccc2)NC(C)=O)cc1. The van der Waals surface area contributed by atoms with Gasteiger partial charge in [-0.15, -0.1) is 0 Å². The van der Waals surface area contributed by atoms with E-state index in [4.69, 9.17) is 14.2 Å². The van der Waals surface area contributed by atoms with E-state index in [0.717, 1.165) is 16.9 Å². The summed E-state index contributed by atoms with van der Waals surface area (Å²) in [6, 6.07) is 15.9. The second-order valence-corrected chi connectivity index (χ2v) is 7.82. The summed E-state index contributed by atoms with van der Waals surface area (Å²) in [7, 11) is 1.58. The van der Waals surface area contributed by atoms with Crippen LogP contribution < -0.4 is 20.7 Å². The summed E-state index contributed by atoms with van der Waals surface area (Å²) in [5.41, 5.74) is 1.92. The fourth-order valence-electron chi connectivity index (χ4n) is 3.28. The lowest BCUT2D eigenvalue weighted by Crippen LogP contribution is -2.41. The van der Waals surface area contributed by atoms with E-state index >= 15 is 0 Å². The van der Waals surface area contributed by atoms with Crippen molar-refractivity contribution in [2.45, 2.75) is 31.8 Å². The number of rotatable bonds is 13. The van der Waals surface area contributed by atoms with Gasteiger partial charge in [-0.25, -0.2) is 9.59 Å². The van der Waals surface area contributed by atoms with Crippen molar-refractivity contribution in [3.63, 3.8) is 0 Å². The standard InChI is InChI=1S/C25H33N3O7/c1-18(30)27-22(15-20-8-10-23(33-2)11-9-20)17-35-24(31)26-12-13-34-25(32)28-21(16-29)14-19-6-4-3-5-7-19/h3-11,21-22,29H,12-17H2,1-2H3,(H,26,31)(H,27,30)(H,28,32). The molecule has 0 spiro atoms. The van der Waals surface area contributed by atoms with Gasteiger partial charge in [0.05, 0.1) is 32.3 Å². The number of hydrogen-bond acceptors (Lipinski definition) is 7. The molecule has 0 aliphatic rings. The lowest BCUT2D eigenvalue weighted by atomic mass is 10.1. The van der Waals surface area contributed by atoms with Crippen LogP contribution in [0.2, 0.25) is 0 Å². The third-order valence-corrected chi connectivity index (χ3v) is 4.94. The van der Waals surface area contributed by atoms with E-state index in [9.17, 15) is 19.5 Å². The van der Waals surface area contributed by atoms with E-state index < -0.39 is 24.3 Å². The number of amides is 3. The Morgan fingerprint density at radius 3 is 2.14 bits per heavy atom. The Morgan fingerprint density at radius 2 is 1.51 bits per heavy atom. The number of alkyl carbamates (subject to hydrolysis) is 2. The third kappa shape index (κ3) is 11.3. The second-order valence-electron chi connectivity index (χ2n) is 7.82. The molecule has 0 heterocycles. The molecule has 190 valence electrons. The number of aliphatic hydroxyl groups excluding tert-OH is 1. The molecule has 4 N–H and O–H groups in total. The van der Waals surface area contributed by atoms with E-state index in [2.05, 4.69) is 16.0 Å². The van der Waals surface area contributed by atoms with Crippen molar-refractivity contribution in [2.24, 2.45) is 0 Å². The second kappa shape index (κ2) is 15.2. The van der Waals surface area contributed by atoms with Gasteiger partial charge in [0.15, 0.2) is 0 Å². The average molecular weight is 488 g/mol. The summed E-state index contributed by atoms with van der Waals surface area (Å²) < 4.78 is 15.4. The molecule has 0 bridgehead atoms. The summed E-state index contributed by atoms with van der Waals surface area (Å²) in [5, 5.41) is 17.3. The van der Waals surface area contributed by atoms with Gasteiger partial charge in [0.2, 0.25) is 5.91 Å². The number of methoxy groups -OCH3 is 1. The molecule has 0 saturated carbocycles. The van der Waals surface area contributed by atoms with Crippen LogP contribution in [0.15, 0.2) is 54.6 Å². The molecule has 10 heteroatoms. The van der Waals surface area contributed by atoms with Gasteiger partial charge >= 0.3 is 12.2 Å². The Bertz CT molecular complexity index is 922. The first-order valence-corrected chi connectivity index (χ1v) is 11.3. The van der Waals surface area contributed by atoms with E-state index in [1.165, 1.54) is 6.92 Å². The van der Waals surface area contributed by atoms with Crippen LogP contribution in [-0.2, 0) is 27.1 Å². The lowest BCUT2D eigenvalue weighted by molar-refractivity contribution is -0.120. The van der Waals surface area contributed by atoms with Gasteiger partial charge in [0.1, 0.15) is 19.0 Å². The zero-order valence-electron chi connectivity index (χ0n) is 20.0. The van der Waals surface area contributed by atoms with Gasteiger partial charge < -0.3 is 35.3 Å². The highest BCUT2D eigenvalue weighted by Gasteiger charge is 2.15. The Hall–Kier alpha value is -3.79. The van der Waals surface area contributed by atoms with Crippen molar-refractivity contribution in [1.82, 2.24) is 16.0 Å². The van der Waals surface area contributed by atoms with Gasteiger partial charge in [-0.05, 0) is 36.1 Å². The Kier molecular flexibility index (Phi) is 11.9. The first-order valence-electron chi connectivity index (χ1n) is 11.3. The summed E-state index contributed by atoms with van der Waals surface area (Å²) in [5.74, 6) is 0.486. The Balaban J connectivity index is 1.67. The minimum absolute atomic E-state index is 0.0313. The molecule has 35 heavy (non-hydrogen) atoms. The predicted octanol–water partition coefficient (Wildman–Crippen LogP) is 1.80. The van der Waals surface area contributed by atoms with Crippen LogP contribution in [-0.4, -0.2) is 68.8 Å². The number of aliphatic hydroxyl groups is 1. The van der Waals surface area contributed by atoms with Crippen molar-refractivity contribution in [1.29, 1.82) is 0 Å². The van der Waals surface area contributed by atoms with Crippen LogP contribution >= 0.6 is 0 Å². The first kappa shape index (κ1) is 27.5. The molecule has 0 aromatic heterocycles. The molecule has 2 aromatic carbocycles. The number of carbonyl (C=O) groups is 3. The summed E-state index contributed by atoms with van der Waals surface area (Å²) in [6.45, 7) is 1.09. The summed E-state index contributed by atoms with van der Waals surface area (Å²) in [4.78, 5) is 35.4. The fourth-order valence-corrected chi connectivity index (χ4v) is 3.28. The molecule has 2 atom stereocenters. The molecule has 2 rings (SSSR count). The smallest absolute Gasteiger partial charge is 0.407 e. The van der Waals surface area contributed by atoms with Crippen molar-refractivity contribution < 1.29 is 33.7 Å². The molecule has 0 aliphatic carbocycles. The van der Waals surface area contributed by atoms with Gasteiger partial charge in [-0.3, -0.25) is 4.79 Å². The van der Waals surface area contributed by atoms with Crippen molar-refractivity contribution in [3.05, 3.63) is 65.7 Å². The normalized spacial score (nSPS) is 12.1. The van der Waals surface area contributed by atoms with Crippen molar-refractivity contribution in [3.8, 4) is 5.75 Å². The van der Waals surface area contributed by atoms with Crippen LogP contribution in [0.3, 0.4) is 0 Å². The van der Waals surface area contributed by atoms with Gasteiger partial charge in [-0.2, -0.15) is 0 Å². The molecule has 3 amide bonds. The average Bonchev–Trinajstić information content (AvgIpc) is 2.85. The number of ether oxygens (including phenoxy) is 3. The molecule has 2 aromatic rings. The quantitative estimate of drug-likeness (QED) is 0.316. The highest BCUT2D eigenvalue weighted by atomic mass is 16.6. The minimum Gasteiger partial charge on any atom is -0.497 e. The maximum absolute atomic E-state index is 12.0. The van der Waals surface area contributed by atoms with Crippen LogP contribution in [0.1, 0.15) is 18.1 Å². The molecule has 2 unspecified atom stereocenters. The zero-order valence-corrected chi connectivity index (χ0v) is 20.0. The maximum Gasteiger partial charge on any atom is 0.407 e. The van der Waals surface area contributed by atoms with Crippen molar-refractivity contribution >= 4 is 18.1 Å². The molecule has 0 radical (unpaired) electrons. The zero-order chi connectivity index (χ0) is 25.5. The molecular weight excluding hydrogens is 454 g/mol. The summed E-state index contributed by atoms with van der Waals surface area (Å²) in [6.07, 6.45) is -0.463. The summed E-state index contributed by atoms with van der Waals surface area (Å²) >= 11 is 0. The van der Waals surface area contributed by atoms with E-state index in [1.807, 2.05) is 54.6 Å². The third-order valence-electron chi connectivity index (χ3n) is 4.94. The van der Waals surface area contributed by atoms with E-state index in [0.29, 0.717) is 12.8 Å². The molecule has 0 saturated heterocycles. The van der Waals surface area contributed by atoms with Crippen LogP contribution in [0.5, 0.6) is 5.75 Å². The molecule has 10 nitrogen and oxygen atoms in total. The molecule has 0 fully saturated rings. The Labute approximate surface area is 205 Å². The lowest BCUT2D eigenvalue weighted by Gasteiger charge is -2.18. The van der Waals surface area contributed by atoms with E-state index in [1.54, 1.807) is 7.11 Å². The van der Waals surface area contributed by atoms with Crippen LogP contribution in [0.4, 0.5) is 9.59 Å². The minimum atomic E-state index is -0.698. The fraction of sp³-hybridized carbons (Fsp3) is 0.400. The highest BCUT2D eigenvalue weighted by Crippen LogP contribution is 2.13. The van der Waals surface area contributed by atoms with Crippen molar-refractivity contribution in [2.75, 3.05) is 33.5 Å². The van der Waals surface area contributed by atoms with Gasteiger partial charge in [-0.1, -0.05) is 42.5 Å². The van der Waals surface area contributed by atoms with Gasteiger partial charge in [0.25, 0.3) is 0 Å². The van der Waals surface area contributed by atoms with E-state index in [-0.39, 0.29) is 32.3 Å². The van der Waals surface area contributed by atoms with Crippen LogP contribution in [0.25, 0.3) is 0 Å². The predicted molar refractivity (Wildman–Crippen MR) is 129 cm³/mol. The maximum atomic E-state index is 12.0. The number of hydrogen-bond donors (Lipinski definition) is 4. The number of carbonyl (C=O) groups excluding carboxylic acids is 3. The monoisotopic (exact) mass is 487 g/mol. The highest BCUT2D eigenvalue weighted by molar-refractivity contribution is 5.73.